The van der Waals surface area contributed by atoms with E-state index in [0.29, 0.717) is 10.6 Å². The summed E-state index contributed by atoms with van der Waals surface area (Å²) in [5, 5.41) is 11.0. The highest BCUT2D eigenvalue weighted by atomic mass is 32.1. The maximum absolute atomic E-state index is 10.8. The first-order chi connectivity index (χ1) is 6.77. The summed E-state index contributed by atoms with van der Waals surface area (Å²) in [5.74, 6) is 0. The number of carbonyl (C=O) groups is 1. The third-order valence-corrected chi connectivity index (χ3v) is 3.41. The Labute approximate surface area is 85.8 Å². The van der Waals surface area contributed by atoms with Crippen LogP contribution in [-0.4, -0.2) is 11.4 Å². The summed E-state index contributed by atoms with van der Waals surface area (Å²) in [6.45, 7) is 1.99. The molecule has 0 saturated heterocycles. The maximum Gasteiger partial charge on any atom is 0.175 e. The van der Waals surface area contributed by atoms with Gasteiger partial charge in [0.15, 0.2) is 11.3 Å². The van der Waals surface area contributed by atoms with Gasteiger partial charge in [-0.2, -0.15) is 0 Å². The topological polar surface area (TPSA) is 37.3 Å². The first-order valence-electron chi connectivity index (χ1n) is 4.46. The average Bonchev–Trinajstić information content (AvgIpc) is 2.52. The SMILES string of the molecule is CCc1c(O)sc2c(C=O)cccc12. The molecule has 2 rings (SSSR count). The standard InChI is InChI=1S/C11H10O2S/c1-2-8-9-5-3-4-7(6-12)10(9)14-11(8)13/h3-6,13H,2H2,1H3. The smallest absolute Gasteiger partial charge is 0.175 e. The van der Waals surface area contributed by atoms with Crippen LogP contribution in [0.2, 0.25) is 0 Å². The fraction of sp³-hybridized carbons (Fsp3) is 0.182. The van der Waals surface area contributed by atoms with Crippen LogP contribution >= 0.6 is 11.3 Å². The predicted octanol–water partition coefficient (Wildman–Crippen LogP) is 2.98. The lowest BCUT2D eigenvalue weighted by Crippen LogP contribution is -1.80. The third kappa shape index (κ3) is 1.21. The van der Waals surface area contributed by atoms with Crippen molar-refractivity contribution < 1.29 is 9.90 Å². The Morgan fingerprint density at radius 2 is 2.29 bits per heavy atom. The minimum absolute atomic E-state index is 0.330. The van der Waals surface area contributed by atoms with Gasteiger partial charge in [-0.05, 0) is 6.42 Å². The van der Waals surface area contributed by atoms with E-state index < -0.39 is 0 Å². The van der Waals surface area contributed by atoms with Gasteiger partial charge >= 0.3 is 0 Å². The molecule has 0 saturated carbocycles. The molecule has 0 aliphatic carbocycles. The summed E-state index contributed by atoms with van der Waals surface area (Å²) in [6, 6.07) is 5.56. The summed E-state index contributed by atoms with van der Waals surface area (Å²) >= 11 is 1.28. The van der Waals surface area contributed by atoms with Crippen molar-refractivity contribution in [2.24, 2.45) is 0 Å². The minimum Gasteiger partial charge on any atom is -0.499 e. The number of hydrogen-bond acceptors (Lipinski definition) is 3. The number of aryl methyl sites for hydroxylation is 1. The number of fused-ring (bicyclic) bond motifs is 1. The van der Waals surface area contributed by atoms with Gasteiger partial charge in [0.1, 0.15) is 0 Å². The normalized spacial score (nSPS) is 10.6. The highest BCUT2D eigenvalue weighted by molar-refractivity contribution is 7.21. The van der Waals surface area contributed by atoms with Crippen LogP contribution in [0.5, 0.6) is 5.06 Å². The van der Waals surface area contributed by atoms with Crippen LogP contribution in [0.3, 0.4) is 0 Å². The van der Waals surface area contributed by atoms with Gasteiger partial charge in [0.2, 0.25) is 0 Å². The monoisotopic (exact) mass is 206 g/mol. The number of rotatable bonds is 2. The highest BCUT2D eigenvalue weighted by Gasteiger charge is 2.11. The molecule has 0 unspecified atom stereocenters. The zero-order valence-corrected chi connectivity index (χ0v) is 8.60. The number of carbonyl (C=O) groups excluding carboxylic acids is 1. The summed E-state index contributed by atoms with van der Waals surface area (Å²) in [6.07, 6.45) is 1.62. The first-order valence-corrected chi connectivity index (χ1v) is 5.28. The molecule has 3 heteroatoms. The van der Waals surface area contributed by atoms with Crippen molar-refractivity contribution in [1.82, 2.24) is 0 Å². The van der Waals surface area contributed by atoms with Crippen molar-refractivity contribution in [3.8, 4) is 5.06 Å². The van der Waals surface area contributed by atoms with Crippen LogP contribution in [0.1, 0.15) is 22.8 Å². The number of benzene rings is 1. The minimum atomic E-state index is 0.330. The van der Waals surface area contributed by atoms with Gasteiger partial charge in [0.05, 0.1) is 0 Å². The van der Waals surface area contributed by atoms with E-state index >= 15 is 0 Å². The molecule has 1 N–H and O–H groups in total. The molecule has 0 atom stereocenters. The lowest BCUT2D eigenvalue weighted by atomic mass is 10.1. The molecule has 0 amide bonds. The fourth-order valence-corrected chi connectivity index (χ4v) is 2.72. The molecule has 14 heavy (non-hydrogen) atoms. The van der Waals surface area contributed by atoms with Crippen LogP contribution in [0, 0.1) is 0 Å². The first kappa shape index (κ1) is 9.21. The quantitative estimate of drug-likeness (QED) is 0.767. The van der Waals surface area contributed by atoms with Gasteiger partial charge in [0.25, 0.3) is 0 Å². The zero-order valence-electron chi connectivity index (χ0n) is 7.78. The van der Waals surface area contributed by atoms with Gasteiger partial charge in [-0.3, -0.25) is 4.79 Å². The van der Waals surface area contributed by atoms with E-state index in [0.717, 1.165) is 28.4 Å². The second-order valence-electron chi connectivity index (χ2n) is 3.08. The Kier molecular flexibility index (Phi) is 2.25. The van der Waals surface area contributed by atoms with Gasteiger partial charge in [-0.25, -0.2) is 0 Å². The van der Waals surface area contributed by atoms with Crippen molar-refractivity contribution in [1.29, 1.82) is 0 Å². The Morgan fingerprint density at radius 3 is 2.93 bits per heavy atom. The average molecular weight is 206 g/mol. The van der Waals surface area contributed by atoms with Crippen LogP contribution in [0.25, 0.3) is 10.1 Å². The number of aldehydes is 1. The molecule has 0 aliphatic rings. The number of aromatic hydroxyl groups is 1. The summed E-state index contributed by atoms with van der Waals surface area (Å²) in [4.78, 5) is 10.8. The zero-order chi connectivity index (χ0) is 10.1. The molecular weight excluding hydrogens is 196 g/mol. The van der Waals surface area contributed by atoms with Crippen LogP contribution in [0.4, 0.5) is 0 Å². The molecule has 1 aromatic heterocycles. The third-order valence-electron chi connectivity index (χ3n) is 2.31. The largest absolute Gasteiger partial charge is 0.499 e. The fourth-order valence-electron chi connectivity index (χ4n) is 1.61. The maximum atomic E-state index is 10.8. The van der Waals surface area contributed by atoms with E-state index in [9.17, 15) is 9.90 Å². The Bertz CT molecular complexity index is 485. The van der Waals surface area contributed by atoms with Crippen molar-refractivity contribution >= 4 is 27.7 Å². The molecule has 1 heterocycles. The van der Waals surface area contributed by atoms with Crippen LogP contribution in [-0.2, 0) is 6.42 Å². The molecule has 2 nitrogen and oxygen atoms in total. The number of thiophene rings is 1. The second kappa shape index (κ2) is 3.42. The molecule has 0 aliphatic heterocycles. The molecule has 0 bridgehead atoms. The van der Waals surface area contributed by atoms with E-state index in [4.69, 9.17) is 0 Å². The van der Waals surface area contributed by atoms with Crippen molar-refractivity contribution in [3.63, 3.8) is 0 Å². The number of hydrogen-bond donors (Lipinski definition) is 1. The molecule has 72 valence electrons. The lowest BCUT2D eigenvalue weighted by Gasteiger charge is -1.95. The van der Waals surface area contributed by atoms with Crippen molar-refractivity contribution in [3.05, 3.63) is 29.3 Å². The second-order valence-corrected chi connectivity index (χ2v) is 4.08. The van der Waals surface area contributed by atoms with Gasteiger partial charge in [-0.15, -0.1) is 0 Å². The van der Waals surface area contributed by atoms with E-state index in [-0.39, 0.29) is 0 Å². The molecule has 2 aromatic rings. The van der Waals surface area contributed by atoms with E-state index in [2.05, 4.69) is 0 Å². The Morgan fingerprint density at radius 1 is 1.50 bits per heavy atom. The Hall–Kier alpha value is -1.35. The van der Waals surface area contributed by atoms with Crippen LogP contribution in [0.15, 0.2) is 18.2 Å². The summed E-state index contributed by atoms with van der Waals surface area (Å²) < 4.78 is 0.886. The molecule has 0 radical (unpaired) electrons. The van der Waals surface area contributed by atoms with Gasteiger partial charge < -0.3 is 5.11 Å². The molecule has 0 spiro atoms. The van der Waals surface area contributed by atoms with E-state index in [1.807, 2.05) is 19.1 Å². The van der Waals surface area contributed by atoms with Gasteiger partial charge in [0, 0.05) is 21.2 Å². The van der Waals surface area contributed by atoms with Crippen molar-refractivity contribution in [2.45, 2.75) is 13.3 Å². The molecule has 0 fully saturated rings. The van der Waals surface area contributed by atoms with Crippen molar-refractivity contribution in [2.75, 3.05) is 0 Å². The molecular formula is C11H10O2S. The molecule has 1 aromatic carbocycles. The Balaban J connectivity index is 2.85. The summed E-state index contributed by atoms with van der Waals surface area (Å²) in [5.41, 5.74) is 1.59. The lowest BCUT2D eigenvalue weighted by molar-refractivity contribution is 0.112. The van der Waals surface area contributed by atoms with Crippen LogP contribution < -0.4 is 0 Å². The highest BCUT2D eigenvalue weighted by Crippen LogP contribution is 2.38. The van der Waals surface area contributed by atoms with E-state index in [1.54, 1.807) is 6.07 Å². The van der Waals surface area contributed by atoms with Gasteiger partial charge in [-0.1, -0.05) is 36.5 Å². The predicted molar refractivity (Wildman–Crippen MR) is 58.3 cm³/mol. The summed E-state index contributed by atoms with van der Waals surface area (Å²) in [7, 11) is 0. The van der Waals surface area contributed by atoms with E-state index in [1.165, 1.54) is 11.3 Å².